The van der Waals surface area contributed by atoms with Crippen molar-refractivity contribution in [2.45, 2.75) is 13.0 Å². The number of carbonyl (C=O) groups is 1. The molecule has 0 unspecified atom stereocenters. The predicted octanol–water partition coefficient (Wildman–Crippen LogP) is 1.78. The molecule has 5 heterocycles. The van der Waals surface area contributed by atoms with E-state index in [-0.39, 0.29) is 17.4 Å². The van der Waals surface area contributed by atoms with Crippen molar-refractivity contribution < 1.29 is 4.79 Å². The monoisotopic (exact) mass is 366 g/mol. The number of hydrogen-bond donors (Lipinski definition) is 0. The van der Waals surface area contributed by atoms with Gasteiger partial charge in [0.2, 0.25) is 5.91 Å². The Bertz CT molecular complexity index is 1050. The Morgan fingerprint density at radius 1 is 1.23 bits per heavy atom. The third kappa shape index (κ3) is 2.50. The molecule has 132 valence electrons. The van der Waals surface area contributed by atoms with E-state index in [1.54, 1.807) is 23.6 Å². The summed E-state index contributed by atoms with van der Waals surface area (Å²) in [5, 5.41) is 2.10. The molecule has 26 heavy (non-hydrogen) atoms. The third-order valence-electron chi connectivity index (χ3n) is 5.23. The Kier molecular flexibility index (Phi) is 3.56. The summed E-state index contributed by atoms with van der Waals surface area (Å²) in [4.78, 5) is 34.9. The summed E-state index contributed by atoms with van der Waals surface area (Å²) in [5.41, 5.74) is 1.82. The van der Waals surface area contributed by atoms with E-state index < -0.39 is 0 Å². The van der Waals surface area contributed by atoms with Crippen molar-refractivity contribution in [1.29, 1.82) is 0 Å². The van der Waals surface area contributed by atoms with Gasteiger partial charge in [-0.2, -0.15) is 0 Å². The van der Waals surface area contributed by atoms with Gasteiger partial charge < -0.3 is 9.80 Å². The highest BCUT2D eigenvalue weighted by Gasteiger charge is 2.37. The molecule has 0 atom stereocenters. The van der Waals surface area contributed by atoms with Crippen molar-refractivity contribution in [3.8, 4) is 0 Å². The molecule has 3 aromatic rings. The van der Waals surface area contributed by atoms with Crippen LogP contribution in [0.4, 0.5) is 5.82 Å². The van der Waals surface area contributed by atoms with Gasteiger partial charge in [-0.1, -0.05) is 6.07 Å². The van der Waals surface area contributed by atoms with E-state index in [9.17, 15) is 9.59 Å². The zero-order valence-corrected chi connectivity index (χ0v) is 15.0. The van der Waals surface area contributed by atoms with Gasteiger partial charge in [-0.15, -0.1) is 11.3 Å². The van der Waals surface area contributed by atoms with E-state index in [1.807, 2.05) is 28.0 Å². The second-order valence-corrected chi connectivity index (χ2v) is 7.86. The zero-order chi connectivity index (χ0) is 17.7. The van der Waals surface area contributed by atoms with Gasteiger partial charge in [0.25, 0.3) is 5.56 Å². The summed E-state index contributed by atoms with van der Waals surface area (Å²) in [6.07, 6.45) is 2.67. The molecule has 3 aromatic heterocycles. The first kappa shape index (κ1) is 15.6. The predicted molar refractivity (Wildman–Crippen MR) is 101 cm³/mol. The Hall–Kier alpha value is -2.67. The molecule has 0 aliphatic carbocycles. The van der Waals surface area contributed by atoms with Crippen molar-refractivity contribution in [3.05, 3.63) is 62.7 Å². The topological polar surface area (TPSA) is 57.9 Å². The van der Waals surface area contributed by atoms with Crippen LogP contribution in [0.25, 0.3) is 5.65 Å². The average molecular weight is 366 g/mol. The molecule has 0 spiro atoms. The van der Waals surface area contributed by atoms with Crippen molar-refractivity contribution in [2.24, 2.45) is 5.92 Å². The highest BCUT2D eigenvalue weighted by molar-refractivity contribution is 7.10. The Morgan fingerprint density at radius 2 is 2.12 bits per heavy atom. The van der Waals surface area contributed by atoms with Crippen molar-refractivity contribution in [3.63, 3.8) is 0 Å². The first-order chi connectivity index (χ1) is 12.7. The smallest absolute Gasteiger partial charge is 0.259 e. The minimum atomic E-state index is -0.0959. The first-order valence-electron chi connectivity index (χ1n) is 8.76. The number of amides is 1. The number of rotatable bonds is 2. The van der Waals surface area contributed by atoms with Gasteiger partial charge in [0.15, 0.2) is 0 Å². The van der Waals surface area contributed by atoms with Crippen molar-refractivity contribution >= 4 is 28.7 Å². The SMILES string of the molecule is O=C(C1CN(c2cc(=O)n3ccccc3n2)C1)N1CCc2sccc2C1. The molecule has 0 N–H and O–H groups in total. The normalized spacial score (nSPS) is 17.2. The van der Waals surface area contributed by atoms with E-state index in [2.05, 4.69) is 16.4 Å². The lowest BCUT2D eigenvalue weighted by atomic mass is 9.97. The summed E-state index contributed by atoms with van der Waals surface area (Å²) in [7, 11) is 0. The fourth-order valence-electron chi connectivity index (χ4n) is 3.72. The minimum Gasteiger partial charge on any atom is -0.355 e. The number of anilines is 1. The molecule has 0 aromatic carbocycles. The van der Waals surface area contributed by atoms with Crippen LogP contribution < -0.4 is 10.5 Å². The summed E-state index contributed by atoms with van der Waals surface area (Å²) in [6, 6.07) is 9.17. The molecule has 1 amide bonds. The van der Waals surface area contributed by atoms with Gasteiger partial charge in [0, 0.05) is 43.3 Å². The van der Waals surface area contributed by atoms with E-state index in [4.69, 9.17) is 0 Å². The number of thiophene rings is 1. The van der Waals surface area contributed by atoms with Crippen LogP contribution in [0.15, 0.2) is 46.7 Å². The van der Waals surface area contributed by atoms with Gasteiger partial charge in [0.1, 0.15) is 11.5 Å². The Morgan fingerprint density at radius 3 is 3.00 bits per heavy atom. The number of carbonyl (C=O) groups excluding carboxylic acids is 1. The lowest BCUT2D eigenvalue weighted by molar-refractivity contribution is -0.137. The van der Waals surface area contributed by atoms with Gasteiger partial charge in [-0.25, -0.2) is 4.98 Å². The van der Waals surface area contributed by atoms with Gasteiger partial charge >= 0.3 is 0 Å². The van der Waals surface area contributed by atoms with Gasteiger partial charge in [-0.05, 0) is 35.6 Å². The van der Waals surface area contributed by atoms with Crippen LogP contribution in [0, 0.1) is 5.92 Å². The molecule has 7 heteroatoms. The molecule has 0 saturated carbocycles. The number of hydrogen-bond acceptors (Lipinski definition) is 5. The van der Waals surface area contributed by atoms with Gasteiger partial charge in [0.05, 0.1) is 5.92 Å². The standard InChI is InChI=1S/C19H18N4O2S/c24-18-9-17(20-16-3-1-2-6-23(16)18)22-11-14(12-22)19(25)21-7-4-15-13(10-21)5-8-26-15/h1-3,5-6,8-9,14H,4,7,10-12H2. The van der Waals surface area contributed by atoms with Crippen molar-refractivity contribution in [2.75, 3.05) is 24.5 Å². The van der Waals surface area contributed by atoms with Gasteiger partial charge in [-0.3, -0.25) is 14.0 Å². The maximum absolute atomic E-state index is 12.8. The molecule has 2 aliphatic heterocycles. The largest absolute Gasteiger partial charge is 0.355 e. The number of pyridine rings is 1. The lowest BCUT2D eigenvalue weighted by Gasteiger charge is -2.42. The maximum atomic E-state index is 12.8. The van der Waals surface area contributed by atoms with Crippen LogP contribution in [0.3, 0.4) is 0 Å². The molecule has 5 rings (SSSR count). The second-order valence-electron chi connectivity index (χ2n) is 6.86. The van der Waals surface area contributed by atoms with Crippen LogP contribution in [0.2, 0.25) is 0 Å². The molecule has 0 bridgehead atoms. The minimum absolute atomic E-state index is 0.00814. The average Bonchev–Trinajstić information content (AvgIpc) is 3.08. The molecule has 1 fully saturated rings. The fraction of sp³-hybridized carbons (Fsp3) is 0.316. The molecule has 0 radical (unpaired) electrons. The molecular formula is C19H18N4O2S. The quantitative estimate of drug-likeness (QED) is 0.694. The lowest BCUT2D eigenvalue weighted by Crippen LogP contribution is -2.55. The third-order valence-corrected chi connectivity index (χ3v) is 6.25. The number of aromatic nitrogens is 2. The number of nitrogens with zero attached hydrogens (tertiary/aromatic N) is 4. The Labute approximate surface area is 154 Å². The molecule has 1 saturated heterocycles. The van der Waals surface area contributed by atoms with E-state index in [0.29, 0.717) is 24.6 Å². The van der Waals surface area contributed by atoms with Crippen LogP contribution in [0.1, 0.15) is 10.4 Å². The van der Waals surface area contributed by atoms with E-state index in [0.717, 1.165) is 19.5 Å². The van der Waals surface area contributed by atoms with Crippen LogP contribution >= 0.6 is 11.3 Å². The zero-order valence-electron chi connectivity index (χ0n) is 14.2. The van der Waals surface area contributed by atoms with E-state index >= 15 is 0 Å². The summed E-state index contributed by atoms with van der Waals surface area (Å²) < 4.78 is 1.53. The highest BCUT2D eigenvalue weighted by Crippen LogP contribution is 2.28. The van der Waals surface area contributed by atoms with Crippen molar-refractivity contribution in [1.82, 2.24) is 14.3 Å². The fourth-order valence-corrected chi connectivity index (χ4v) is 4.61. The molecule has 2 aliphatic rings. The summed E-state index contributed by atoms with van der Waals surface area (Å²) >= 11 is 1.78. The molecular weight excluding hydrogens is 348 g/mol. The maximum Gasteiger partial charge on any atom is 0.259 e. The van der Waals surface area contributed by atoms with E-state index in [1.165, 1.54) is 14.8 Å². The first-order valence-corrected chi connectivity index (χ1v) is 9.64. The Balaban J connectivity index is 1.29. The summed E-state index contributed by atoms with van der Waals surface area (Å²) in [5.74, 6) is 0.867. The van der Waals surface area contributed by atoms with Crippen LogP contribution in [-0.4, -0.2) is 39.8 Å². The second kappa shape index (κ2) is 5.95. The van der Waals surface area contributed by atoms with Crippen LogP contribution in [-0.2, 0) is 17.8 Å². The van der Waals surface area contributed by atoms with Crippen LogP contribution in [0.5, 0.6) is 0 Å². The summed E-state index contributed by atoms with van der Waals surface area (Å²) in [6.45, 7) is 2.78. The highest BCUT2D eigenvalue weighted by atomic mass is 32.1. The number of fused-ring (bicyclic) bond motifs is 2. The molecule has 6 nitrogen and oxygen atoms in total.